The Hall–Kier alpha value is -2.40. The smallest absolute Gasteiger partial charge is 0.150 e. The Bertz CT molecular complexity index is 1100. The maximum Gasteiger partial charge on any atom is 0.150 e. The molecule has 0 N–H and O–H groups in total. The molecule has 0 amide bonds. The molecule has 2 nitrogen and oxygen atoms in total. The molecule has 0 saturated heterocycles. The molecule has 1 aromatic heterocycles. The molecule has 0 fully saturated rings. The highest BCUT2D eigenvalue weighted by molar-refractivity contribution is 7.27. The molecular weight excluding hydrogens is 356 g/mol. The van der Waals surface area contributed by atoms with E-state index in [1.807, 2.05) is 24.3 Å². The number of hydrogen-bond acceptors (Lipinski definition) is 2. The van der Waals surface area contributed by atoms with Crippen LogP contribution in [0.25, 0.3) is 33.3 Å². The number of aldehydes is 1. The lowest BCUT2D eigenvalue weighted by molar-refractivity contribution is 0.112. The summed E-state index contributed by atoms with van der Waals surface area (Å²) in [7, 11) is 5.35. The maximum atomic E-state index is 11.5. The van der Waals surface area contributed by atoms with E-state index < -0.39 is 0 Å². The molecule has 4 rings (SSSR count). The SMILES string of the molecule is O=Cc1cc(-c2ccc(-c3ccc(P)cc3)cc2)nc2ccc(P)cc12. The zero-order chi connectivity index (χ0) is 18.1. The first-order valence-electron chi connectivity index (χ1n) is 8.26. The number of carbonyl (C=O) groups is 1. The highest BCUT2D eigenvalue weighted by Gasteiger charge is 2.08. The van der Waals surface area contributed by atoms with Gasteiger partial charge in [0.05, 0.1) is 11.2 Å². The first-order valence-corrected chi connectivity index (χ1v) is 9.41. The van der Waals surface area contributed by atoms with Gasteiger partial charge >= 0.3 is 0 Å². The number of fused-ring (bicyclic) bond motifs is 1. The Morgan fingerprint density at radius 3 is 1.92 bits per heavy atom. The summed E-state index contributed by atoms with van der Waals surface area (Å²) >= 11 is 0. The van der Waals surface area contributed by atoms with E-state index in [4.69, 9.17) is 4.98 Å². The van der Waals surface area contributed by atoms with Gasteiger partial charge in [-0.25, -0.2) is 4.98 Å². The maximum absolute atomic E-state index is 11.5. The molecule has 4 heteroatoms. The van der Waals surface area contributed by atoms with Crippen LogP contribution >= 0.6 is 18.5 Å². The summed E-state index contributed by atoms with van der Waals surface area (Å²) in [5, 5.41) is 3.09. The second-order valence-electron chi connectivity index (χ2n) is 6.19. The van der Waals surface area contributed by atoms with E-state index in [1.54, 1.807) is 0 Å². The van der Waals surface area contributed by atoms with Crippen molar-refractivity contribution in [3.63, 3.8) is 0 Å². The van der Waals surface area contributed by atoms with Crippen LogP contribution in [0, 0.1) is 0 Å². The summed E-state index contributed by atoms with van der Waals surface area (Å²) in [4.78, 5) is 16.3. The van der Waals surface area contributed by atoms with Crippen molar-refractivity contribution in [2.24, 2.45) is 0 Å². The van der Waals surface area contributed by atoms with E-state index in [0.29, 0.717) is 5.56 Å². The molecule has 0 aliphatic heterocycles. The Morgan fingerprint density at radius 1 is 0.692 bits per heavy atom. The average Bonchev–Trinajstić information content (AvgIpc) is 2.68. The topological polar surface area (TPSA) is 30.0 Å². The molecule has 0 radical (unpaired) electrons. The summed E-state index contributed by atoms with van der Waals surface area (Å²) in [5.41, 5.74) is 5.63. The van der Waals surface area contributed by atoms with Crippen molar-refractivity contribution in [1.82, 2.24) is 4.98 Å². The van der Waals surface area contributed by atoms with Gasteiger partial charge in [0.1, 0.15) is 0 Å². The summed E-state index contributed by atoms with van der Waals surface area (Å²) in [5.74, 6) is 0. The van der Waals surface area contributed by atoms with E-state index in [9.17, 15) is 4.79 Å². The van der Waals surface area contributed by atoms with Gasteiger partial charge in [-0.2, -0.15) is 0 Å². The van der Waals surface area contributed by atoms with Crippen molar-refractivity contribution >= 4 is 46.3 Å². The molecule has 2 atom stereocenters. The molecule has 0 spiro atoms. The van der Waals surface area contributed by atoms with Crippen molar-refractivity contribution < 1.29 is 4.79 Å². The fourth-order valence-electron chi connectivity index (χ4n) is 3.02. The minimum absolute atomic E-state index is 0.661. The number of aromatic nitrogens is 1. The van der Waals surface area contributed by atoms with Crippen LogP contribution in [0.15, 0.2) is 72.8 Å². The number of hydrogen-bond donors (Lipinski definition) is 0. The van der Waals surface area contributed by atoms with Crippen LogP contribution in [0.5, 0.6) is 0 Å². The van der Waals surface area contributed by atoms with Crippen LogP contribution in [0.3, 0.4) is 0 Å². The number of benzene rings is 3. The third kappa shape index (κ3) is 3.31. The molecule has 0 saturated carbocycles. The van der Waals surface area contributed by atoms with Crippen molar-refractivity contribution in [3.8, 4) is 22.4 Å². The minimum Gasteiger partial charge on any atom is -0.298 e. The normalized spacial score (nSPS) is 10.8. The Labute approximate surface area is 157 Å². The van der Waals surface area contributed by atoms with Crippen LogP contribution < -0.4 is 10.6 Å². The third-order valence-corrected chi connectivity index (χ3v) is 5.16. The second kappa shape index (κ2) is 7.08. The summed E-state index contributed by atoms with van der Waals surface area (Å²) in [6.07, 6.45) is 0.899. The van der Waals surface area contributed by atoms with Crippen molar-refractivity contribution in [3.05, 3.63) is 78.4 Å². The standard InChI is InChI=1S/C22H17NOP2/c24-13-17-11-22(23-21-10-9-19(26)12-20(17)21)16-3-1-14(2-4-16)15-5-7-18(25)8-6-15/h1-13H,25-26H2. The summed E-state index contributed by atoms with van der Waals surface area (Å²) in [6, 6.07) is 24.4. The number of rotatable bonds is 3. The van der Waals surface area contributed by atoms with Gasteiger partial charge in [0.15, 0.2) is 6.29 Å². The van der Waals surface area contributed by atoms with Crippen molar-refractivity contribution in [2.45, 2.75) is 0 Å². The summed E-state index contributed by atoms with van der Waals surface area (Å²) in [6.45, 7) is 0. The predicted molar refractivity (Wildman–Crippen MR) is 117 cm³/mol. The van der Waals surface area contributed by atoms with Crippen molar-refractivity contribution in [2.75, 3.05) is 0 Å². The molecule has 0 aliphatic rings. The fourth-order valence-corrected chi connectivity index (χ4v) is 3.48. The first kappa shape index (κ1) is 17.0. The van der Waals surface area contributed by atoms with Gasteiger partial charge in [0.25, 0.3) is 0 Å². The van der Waals surface area contributed by atoms with Crippen LogP contribution in [0.1, 0.15) is 10.4 Å². The van der Waals surface area contributed by atoms with Gasteiger partial charge in [0.2, 0.25) is 0 Å². The highest BCUT2D eigenvalue weighted by Crippen LogP contribution is 2.26. The second-order valence-corrected chi connectivity index (χ2v) is 7.52. The zero-order valence-electron chi connectivity index (χ0n) is 14.0. The lowest BCUT2D eigenvalue weighted by Crippen LogP contribution is -1.96. The van der Waals surface area contributed by atoms with E-state index in [-0.39, 0.29) is 0 Å². The van der Waals surface area contributed by atoms with Gasteiger partial charge < -0.3 is 0 Å². The van der Waals surface area contributed by atoms with Crippen LogP contribution in [-0.4, -0.2) is 11.3 Å². The summed E-state index contributed by atoms with van der Waals surface area (Å²) < 4.78 is 0. The largest absolute Gasteiger partial charge is 0.298 e. The number of nitrogens with zero attached hydrogens (tertiary/aromatic N) is 1. The van der Waals surface area contributed by atoms with E-state index in [0.717, 1.165) is 39.3 Å². The Kier molecular flexibility index (Phi) is 4.64. The van der Waals surface area contributed by atoms with Gasteiger partial charge in [-0.3, -0.25) is 4.79 Å². The Balaban J connectivity index is 1.76. The number of carbonyl (C=O) groups excluding carboxylic acids is 1. The highest BCUT2D eigenvalue weighted by atomic mass is 31.0. The van der Waals surface area contributed by atoms with Crippen LogP contribution in [0.4, 0.5) is 0 Å². The third-order valence-electron chi connectivity index (χ3n) is 4.42. The van der Waals surface area contributed by atoms with Gasteiger partial charge in [-0.15, -0.1) is 18.5 Å². The van der Waals surface area contributed by atoms with Crippen LogP contribution in [-0.2, 0) is 0 Å². The zero-order valence-corrected chi connectivity index (χ0v) is 16.3. The molecule has 26 heavy (non-hydrogen) atoms. The lowest BCUT2D eigenvalue weighted by Gasteiger charge is -2.08. The molecule has 3 aromatic carbocycles. The molecule has 1 heterocycles. The molecule has 126 valence electrons. The quantitative estimate of drug-likeness (QED) is 0.394. The molecular formula is C22H17NOP2. The van der Waals surface area contributed by atoms with E-state index in [1.165, 1.54) is 10.9 Å². The molecule has 0 bridgehead atoms. The first-order chi connectivity index (χ1) is 12.6. The monoisotopic (exact) mass is 373 g/mol. The molecule has 2 unspecified atom stereocenters. The molecule has 0 aliphatic carbocycles. The molecule has 4 aromatic rings. The van der Waals surface area contributed by atoms with Crippen LogP contribution in [0.2, 0.25) is 0 Å². The average molecular weight is 373 g/mol. The lowest BCUT2D eigenvalue weighted by atomic mass is 10.0. The van der Waals surface area contributed by atoms with Gasteiger partial charge in [-0.05, 0) is 39.9 Å². The Morgan fingerprint density at radius 2 is 1.27 bits per heavy atom. The van der Waals surface area contributed by atoms with Crippen molar-refractivity contribution in [1.29, 1.82) is 0 Å². The van der Waals surface area contributed by atoms with Gasteiger partial charge in [-0.1, -0.05) is 54.6 Å². The van der Waals surface area contributed by atoms with E-state index >= 15 is 0 Å². The van der Waals surface area contributed by atoms with Gasteiger partial charge in [0, 0.05) is 16.5 Å². The van der Waals surface area contributed by atoms with E-state index in [2.05, 4.69) is 67.0 Å². The minimum atomic E-state index is 0.661. The fraction of sp³-hybridized carbons (Fsp3) is 0. The predicted octanol–water partition coefficient (Wildman–Crippen LogP) is 4.38. The number of pyridine rings is 1.